The number of hydrogen-bond acceptors (Lipinski definition) is 3. The number of carbonyl (C=O) groups is 1. The van der Waals surface area contributed by atoms with Crippen molar-refractivity contribution in [3.05, 3.63) is 77.3 Å². The van der Waals surface area contributed by atoms with Crippen molar-refractivity contribution in [2.75, 3.05) is 7.11 Å². The molecule has 1 unspecified atom stereocenters. The Hall–Kier alpha value is -2.31. The maximum atomic E-state index is 12.4. The van der Waals surface area contributed by atoms with E-state index in [1.165, 1.54) is 0 Å². The Labute approximate surface area is 179 Å². The maximum absolute atomic E-state index is 12.4. The highest BCUT2D eigenvalue weighted by Crippen LogP contribution is 2.31. The molecule has 28 heavy (non-hydrogen) atoms. The van der Waals surface area contributed by atoms with Gasteiger partial charge in [-0.1, -0.05) is 11.6 Å². The fourth-order valence-corrected chi connectivity index (χ4v) is 3.49. The summed E-state index contributed by atoms with van der Waals surface area (Å²) in [6, 6.07) is 12.9. The Bertz CT molecular complexity index is 972. The second-order valence-corrected chi connectivity index (χ2v) is 7.07. The van der Waals surface area contributed by atoms with Crippen molar-refractivity contribution in [1.82, 2.24) is 4.57 Å². The van der Waals surface area contributed by atoms with Crippen molar-refractivity contribution in [1.29, 1.82) is 0 Å². The lowest BCUT2D eigenvalue weighted by Gasteiger charge is -2.07. The molecule has 0 radical (unpaired) electrons. The number of Topliss-reactive ketones (excluding diaryl/α,β-unsaturated/α-hetero) is 1. The average Bonchev–Trinajstić information content (AvgIpc) is 3.27. The van der Waals surface area contributed by atoms with Crippen molar-refractivity contribution in [3.63, 3.8) is 0 Å². The quantitative estimate of drug-likeness (QED) is 0.391. The smallest absolute Gasteiger partial charge is 0.244 e. The topological polar surface area (TPSA) is 44.3 Å². The minimum atomic E-state index is 0. The van der Waals surface area contributed by atoms with E-state index in [0.29, 0.717) is 12.1 Å². The third kappa shape index (κ3) is 4.56. The third-order valence-electron chi connectivity index (χ3n) is 4.66. The van der Waals surface area contributed by atoms with Crippen LogP contribution in [0.2, 0.25) is 5.02 Å². The standard InChI is InChI=1S/C21H20ClN2O3.BrH/c1-26-18-5-2-15(3-6-18)20(25)13-24-9-8-23(14-24)12-19-11-16-10-17(22)4-7-21(16)27-19;/h2-10,14,19H,11-13H2,1H3;1H/q+1;/p-1. The number of ketones is 1. The van der Waals surface area contributed by atoms with Crippen LogP contribution in [-0.2, 0) is 19.5 Å². The Balaban J connectivity index is 0.00000225. The van der Waals surface area contributed by atoms with Crippen LogP contribution in [0.1, 0.15) is 15.9 Å². The highest BCUT2D eigenvalue weighted by atomic mass is 79.9. The molecule has 146 valence electrons. The van der Waals surface area contributed by atoms with Gasteiger partial charge in [-0.25, -0.2) is 9.13 Å². The molecule has 1 aliphatic heterocycles. The number of rotatable bonds is 6. The molecule has 1 aliphatic rings. The van der Waals surface area contributed by atoms with Gasteiger partial charge in [0.1, 0.15) is 36.5 Å². The van der Waals surface area contributed by atoms with Gasteiger partial charge in [-0.3, -0.25) is 4.79 Å². The molecule has 0 spiro atoms. The number of halogens is 2. The Morgan fingerprint density at radius 2 is 2.07 bits per heavy atom. The third-order valence-corrected chi connectivity index (χ3v) is 4.90. The van der Waals surface area contributed by atoms with E-state index in [1.807, 2.05) is 46.1 Å². The lowest BCUT2D eigenvalue weighted by atomic mass is 10.1. The van der Waals surface area contributed by atoms with Crippen LogP contribution in [0, 0.1) is 0 Å². The molecule has 1 aromatic heterocycles. The molecule has 0 aliphatic carbocycles. The number of benzene rings is 2. The van der Waals surface area contributed by atoms with Crippen LogP contribution in [0.5, 0.6) is 11.5 Å². The zero-order chi connectivity index (χ0) is 18.8. The Morgan fingerprint density at radius 3 is 2.82 bits per heavy atom. The number of imidazole rings is 1. The van der Waals surface area contributed by atoms with Crippen molar-refractivity contribution in [3.8, 4) is 11.5 Å². The summed E-state index contributed by atoms with van der Waals surface area (Å²) < 4.78 is 15.0. The molecule has 0 bridgehead atoms. The molecule has 3 aromatic rings. The van der Waals surface area contributed by atoms with Gasteiger partial charge in [0.25, 0.3) is 0 Å². The van der Waals surface area contributed by atoms with Gasteiger partial charge >= 0.3 is 0 Å². The van der Waals surface area contributed by atoms with Crippen molar-refractivity contribution in [2.45, 2.75) is 25.6 Å². The van der Waals surface area contributed by atoms with Crippen LogP contribution in [-0.4, -0.2) is 23.6 Å². The molecule has 0 amide bonds. The number of aromatic nitrogens is 2. The summed E-state index contributed by atoms with van der Waals surface area (Å²) in [5.74, 6) is 1.70. The van der Waals surface area contributed by atoms with Gasteiger partial charge in [-0.2, -0.15) is 0 Å². The van der Waals surface area contributed by atoms with E-state index in [-0.39, 0.29) is 28.9 Å². The molecular formula is C21H20BrClN2O3. The van der Waals surface area contributed by atoms with Gasteiger partial charge in [0.15, 0.2) is 6.54 Å². The second kappa shape index (κ2) is 8.80. The number of fused-ring (bicyclic) bond motifs is 1. The SMILES string of the molecule is COc1ccc(C(=O)C[n+]2ccn(CC3Cc4cc(Cl)ccc4O3)c2)cc1.[Br-]. The van der Waals surface area contributed by atoms with Gasteiger partial charge in [-0.05, 0) is 48.0 Å². The number of carbonyl (C=O) groups excluding carboxylic acids is 1. The highest BCUT2D eigenvalue weighted by molar-refractivity contribution is 6.30. The molecule has 2 aromatic carbocycles. The van der Waals surface area contributed by atoms with Crippen LogP contribution < -0.4 is 31.0 Å². The summed E-state index contributed by atoms with van der Waals surface area (Å²) in [5, 5.41) is 0.730. The lowest BCUT2D eigenvalue weighted by molar-refractivity contribution is -0.682. The van der Waals surface area contributed by atoms with Crippen molar-refractivity contribution in [2.24, 2.45) is 0 Å². The zero-order valence-corrected chi connectivity index (χ0v) is 17.7. The van der Waals surface area contributed by atoms with Crippen LogP contribution >= 0.6 is 11.6 Å². The number of hydrogen-bond donors (Lipinski definition) is 0. The van der Waals surface area contributed by atoms with E-state index in [1.54, 1.807) is 31.4 Å². The van der Waals surface area contributed by atoms with Crippen molar-refractivity contribution >= 4 is 17.4 Å². The summed E-state index contributed by atoms with van der Waals surface area (Å²) in [4.78, 5) is 12.4. The Morgan fingerprint density at radius 1 is 1.29 bits per heavy atom. The Kier molecular flexibility index (Phi) is 6.42. The molecular weight excluding hydrogens is 444 g/mol. The fraction of sp³-hybridized carbons (Fsp3) is 0.238. The normalized spacial score (nSPS) is 14.7. The largest absolute Gasteiger partial charge is 1.00 e. The minimum Gasteiger partial charge on any atom is -1.00 e. The first-order chi connectivity index (χ1) is 13.1. The van der Waals surface area contributed by atoms with E-state index >= 15 is 0 Å². The van der Waals surface area contributed by atoms with E-state index in [0.717, 1.165) is 35.1 Å². The summed E-state index contributed by atoms with van der Waals surface area (Å²) >= 11 is 6.05. The van der Waals surface area contributed by atoms with E-state index in [2.05, 4.69) is 0 Å². The number of nitrogens with zero attached hydrogens (tertiary/aromatic N) is 2. The van der Waals surface area contributed by atoms with Crippen LogP contribution in [0.25, 0.3) is 0 Å². The number of methoxy groups -OCH3 is 1. The minimum absolute atomic E-state index is 0. The summed E-state index contributed by atoms with van der Waals surface area (Å²) in [6.07, 6.45) is 6.69. The van der Waals surface area contributed by atoms with Gasteiger partial charge in [0, 0.05) is 17.0 Å². The van der Waals surface area contributed by atoms with Gasteiger partial charge < -0.3 is 26.5 Å². The molecule has 0 saturated carbocycles. The molecule has 1 atom stereocenters. The molecule has 0 saturated heterocycles. The van der Waals surface area contributed by atoms with Gasteiger partial charge in [0.2, 0.25) is 12.1 Å². The monoisotopic (exact) mass is 462 g/mol. The molecule has 4 rings (SSSR count). The molecule has 2 heterocycles. The number of ether oxygens (including phenoxy) is 2. The average molecular weight is 464 g/mol. The first kappa shape index (κ1) is 20.4. The second-order valence-electron chi connectivity index (χ2n) is 6.63. The van der Waals surface area contributed by atoms with E-state index < -0.39 is 0 Å². The summed E-state index contributed by atoms with van der Waals surface area (Å²) in [5.41, 5.74) is 1.81. The van der Waals surface area contributed by atoms with Crippen molar-refractivity contribution < 1.29 is 35.8 Å². The first-order valence-corrected chi connectivity index (χ1v) is 9.15. The zero-order valence-electron chi connectivity index (χ0n) is 15.3. The molecule has 7 heteroatoms. The first-order valence-electron chi connectivity index (χ1n) is 8.78. The van der Waals surface area contributed by atoms with E-state index in [4.69, 9.17) is 21.1 Å². The van der Waals surface area contributed by atoms with E-state index in [9.17, 15) is 4.79 Å². The predicted octanol–water partition coefficient (Wildman–Crippen LogP) is 0.328. The highest BCUT2D eigenvalue weighted by Gasteiger charge is 2.25. The summed E-state index contributed by atoms with van der Waals surface area (Å²) in [6.45, 7) is 1.01. The van der Waals surface area contributed by atoms with Gasteiger partial charge in [-0.15, -0.1) is 0 Å². The molecule has 5 nitrogen and oxygen atoms in total. The van der Waals surface area contributed by atoms with Crippen LogP contribution in [0.3, 0.4) is 0 Å². The summed E-state index contributed by atoms with van der Waals surface area (Å²) in [7, 11) is 1.61. The maximum Gasteiger partial charge on any atom is 0.244 e. The molecule has 0 N–H and O–H groups in total. The molecule has 0 fully saturated rings. The van der Waals surface area contributed by atoms with Gasteiger partial charge in [0.05, 0.1) is 7.11 Å². The lowest BCUT2D eigenvalue weighted by Crippen LogP contribution is -3.00. The van der Waals surface area contributed by atoms with Crippen LogP contribution in [0.4, 0.5) is 0 Å². The predicted molar refractivity (Wildman–Crippen MR) is 102 cm³/mol. The fourth-order valence-electron chi connectivity index (χ4n) is 3.30. The van der Waals surface area contributed by atoms with Crippen LogP contribution in [0.15, 0.2) is 61.2 Å².